The number of hydrogen-bond donors (Lipinski definition) is 0. The molecular weight excluding hydrogens is 224 g/mol. The van der Waals surface area contributed by atoms with Crippen LogP contribution >= 0.6 is 0 Å². The summed E-state index contributed by atoms with van der Waals surface area (Å²) in [7, 11) is 0. The summed E-state index contributed by atoms with van der Waals surface area (Å²) in [5.41, 5.74) is 4.85. The fraction of sp³-hybridized carbons (Fsp3) is 0.200. The normalized spacial score (nSPS) is 10.8. The van der Waals surface area contributed by atoms with Gasteiger partial charge in [-0.05, 0) is 44.6 Å². The zero-order chi connectivity index (χ0) is 13.1. The van der Waals surface area contributed by atoms with Crippen molar-refractivity contribution in [3.63, 3.8) is 0 Å². The predicted molar refractivity (Wildman–Crippen MR) is 71.8 cm³/mol. The molecule has 0 amide bonds. The number of aryl methyl sites for hydroxylation is 3. The topological polar surface area (TPSA) is 38.9 Å². The highest BCUT2D eigenvalue weighted by atomic mass is 16.5. The molecule has 2 rings (SSSR count). The molecule has 0 unspecified atom stereocenters. The van der Waals surface area contributed by atoms with Crippen LogP contribution in [-0.4, -0.2) is 10.1 Å². The van der Waals surface area contributed by atoms with Crippen LogP contribution in [0, 0.1) is 33.1 Å². The molecule has 18 heavy (non-hydrogen) atoms. The Bertz CT molecular complexity index is 625. The lowest BCUT2D eigenvalue weighted by Gasteiger charge is -2.04. The van der Waals surface area contributed by atoms with Crippen molar-refractivity contribution in [2.45, 2.75) is 20.8 Å². The minimum atomic E-state index is 0.806. The van der Waals surface area contributed by atoms with E-state index in [4.69, 9.17) is 10.9 Å². The molecule has 0 atom stereocenters. The maximum absolute atomic E-state index is 5.19. The van der Waals surface area contributed by atoms with Crippen LogP contribution in [0.4, 0.5) is 0 Å². The molecule has 0 saturated carbocycles. The Morgan fingerprint density at radius 1 is 1.33 bits per heavy atom. The summed E-state index contributed by atoms with van der Waals surface area (Å²) < 4.78 is 5.17. The van der Waals surface area contributed by atoms with Gasteiger partial charge in [0.15, 0.2) is 0 Å². The van der Waals surface area contributed by atoms with Gasteiger partial charge in [0.2, 0.25) is 0 Å². The van der Waals surface area contributed by atoms with E-state index in [0.717, 1.165) is 33.8 Å². The van der Waals surface area contributed by atoms with Crippen LogP contribution in [0.15, 0.2) is 22.9 Å². The van der Waals surface area contributed by atoms with Crippen molar-refractivity contribution >= 4 is 6.08 Å². The molecule has 3 heteroatoms. The van der Waals surface area contributed by atoms with E-state index in [2.05, 4.69) is 22.1 Å². The van der Waals surface area contributed by atoms with Crippen molar-refractivity contribution in [2.75, 3.05) is 0 Å². The molecule has 0 aromatic carbocycles. The van der Waals surface area contributed by atoms with Crippen LogP contribution in [-0.2, 0) is 0 Å². The van der Waals surface area contributed by atoms with Gasteiger partial charge in [0, 0.05) is 17.3 Å². The van der Waals surface area contributed by atoms with Crippen LogP contribution in [0.2, 0.25) is 0 Å². The van der Waals surface area contributed by atoms with Crippen molar-refractivity contribution in [2.24, 2.45) is 0 Å². The summed E-state index contributed by atoms with van der Waals surface area (Å²) in [5, 5.41) is 3.95. The Hall–Kier alpha value is -2.34. The van der Waals surface area contributed by atoms with Gasteiger partial charge in [-0.15, -0.1) is 6.42 Å². The number of nitrogens with zero attached hydrogens (tertiary/aromatic N) is 2. The molecule has 90 valence electrons. The molecule has 0 bridgehead atoms. The first-order chi connectivity index (χ1) is 8.63. The van der Waals surface area contributed by atoms with E-state index in [0.29, 0.717) is 0 Å². The SMILES string of the molecule is C#C/C=C\c1ncc(-c2c(C)noc2C)cc1C. The number of terminal acetylenes is 1. The van der Waals surface area contributed by atoms with Crippen molar-refractivity contribution in [1.29, 1.82) is 0 Å². The third-order valence-corrected chi connectivity index (χ3v) is 2.78. The minimum absolute atomic E-state index is 0.806. The molecule has 0 radical (unpaired) electrons. The average molecular weight is 238 g/mol. The van der Waals surface area contributed by atoms with Crippen molar-refractivity contribution in [3.05, 3.63) is 41.1 Å². The van der Waals surface area contributed by atoms with Gasteiger partial charge in [0.1, 0.15) is 5.76 Å². The summed E-state index contributed by atoms with van der Waals surface area (Å²) >= 11 is 0. The molecule has 0 aliphatic rings. The Balaban J connectivity index is 2.47. The minimum Gasteiger partial charge on any atom is -0.361 e. The van der Waals surface area contributed by atoms with Gasteiger partial charge in [0.25, 0.3) is 0 Å². The fourth-order valence-electron chi connectivity index (χ4n) is 1.92. The largest absolute Gasteiger partial charge is 0.361 e. The number of aromatic nitrogens is 2. The molecule has 0 aliphatic heterocycles. The molecule has 3 nitrogen and oxygen atoms in total. The van der Waals surface area contributed by atoms with Crippen LogP contribution in [0.5, 0.6) is 0 Å². The average Bonchev–Trinajstić information content (AvgIpc) is 2.68. The number of hydrogen-bond acceptors (Lipinski definition) is 3. The van der Waals surface area contributed by atoms with E-state index in [1.54, 1.807) is 6.08 Å². The van der Waals surface area contributed by atoms with Crippen molar-refractivity contribution in [3.8, 4) is 23.5 Å². The van der Waals surface area contributed by atoms with E-state index in [-0.39, 0.29) is 0 Å². The summed E-state index contributed by atoms with van der Waals surface area (Å²) in [6, 6.07) is 2.07. The van der Waals surface area contributed by atoms with Crippen LogP contribution in [0.3, 0.4) is 0 Å². The van der Waals surface area contributed by atoms with Gasteiger partial charge in [-0.3, -0.25) is 4.98 Å². The molecular formula is C15H14N2O. The second-order valence-electron chi connectivity index (χ2n) is 4.13. The monoisotopic (exact) mass is 238 g/mol. The number of pyridine rings is 1. The van der Waals surface area contributed by atoms with Gasteiger partial charge in [0.05, 0.1) is 11.4 Å². The molecule has 0 spiro atoms. The summed E-state index contributed by atoms with van der Waals surface area (Å²) in [6.07, 6.45) is 10.5. The summed E-state index contributed by atoms with van der Waals surface area (Å²) in [4.78, 5) is 4.40. The Kier molecular flexibility index (Phi) is 3.29. The molecule has 0 N–H and O–H groups in total. The molecule has 2 aromatic rings. The maximum Gasteiger partial charge on any atom is 0.141 e. The van der Waals surface area contributed by atoms with Crippen LogP contribution < -0.4 is 0 Å². The molecule has 2 aromatic heterocycles. The van der Waals surface area contributed by atoms with Crippen LogP contribution in [0.1, 0.15) is 22.7 Å². The highest BCUT2D eigenvalue weighted by Gasteiger charge is 2.12. The fourth-order valence-corrected chi connectivity index (χ4v) is 1.92. The van der Waals surface area contributed by atoms with Crippen molar-refractivity contribution in [1.82, 2.24) is 10.1 Å². The smallest absolute Gasteiger partial charge is 0.141 e. The number of allylic oxidation sites excluding steroid dienone is 1. The van der Waals surface area contributed by atoms with E-state index in [1.165, 1.54) is 0 Å². The van der Waals surface area contributed by atoms with Gasteiger partial charge in [-0.1, -0.05) is 11.1 Å². The first kappa shape index (κ1) is 12.1. The zero-order valence-corrected chi connectivity index (χ0v) is 10.7. The predicted octanol–water partition coefficient (Wildman–Crippen LogP) is 3.31. The quantitative estimate of drug-likeness (QED) is 0.753. The van der Waals surface area contributed by atoms with E-state index in [1.807, 2.05) is 33.0 Å². The standard InChI is InChI=1S/C15H14N2O/c1-5-6-7-14-10(2)8-13(9-16-14)15-11(3)17-18-12(15)4/h1,6-9H,2-4H3/b7-6-. The van der Waals surface area contributed by atoms with E-state index in [9.17, 15) is 0 Å². The third kappa shape index (κ3) is 2.18. The molecule has 0 aliphatic carbocycles. The zero-order valence-electron chi connectivity index (χ0n) is 10.7. The lowest BCUT2D eigenvalue weighted by molar-refractivity contribution is 0.393. The lowest BCUT2D eigenvalue weighted by Crippen LogP contribution is -1.90. The summed E-state index contributed by atoms with van der Waals surface area (Å²) in [6.45, 7) is 5.83. The van der Waals surface area contributed by atoms with Gasteiger partial charge < -0.3 is 4.52 Å². The first-order valence-corrected chi connectivity index (χ1v) is 5.66. The van der Waals surface area contributed by atoms with Gasteiger partial charge in [-0.25, -0.2) is 0 Å². The second-order valence-corrected chi connectivity index (χ2v) is 4.13. The first-order valence-electron chi connectivity index (χ1n) is 5.66. The molecule has 2 heterocycles. The summed E-state index contributed by atoms with van der Waals surface area (Å²) in [5.74, 6) is 3.26. The molecule has 0 fully saturated rings. The highest BCUT2D eigenvalue weighted by Crippen LogP contribution is 2.27. The highest BCUT2D eigenvalue weighted by molar-refractivity contribution is 5.69. The third-order valence-electron chi connectivity index (χ3n) is 2.78. The van der Waals surface area contributed by atoms with Gasteiger partial charge in [-0.2, -0.15) is 0 Å². The van der Waals surface area contributed by atoms with E-state index < -0.39 is 0 Å². The Morgan fingerprint density at radius 3 is 2.67 bits per heavy atom. The second kappa shape index (κ2) is 4.89. The van der Waals surface area contributed by atoms with E-state index >= 15 is 0 Å². The Morgan fingerprint density at radius 2 is 2.11 bits per heavy atom. The van der Waals surface area contributed by atoms with Crippen LogP contribution in [0.25, 0.3) is 17.2 Å². The maximum atomic E-state index is 5.19. The van der Waals surface area contributed by atoms with Crippen molar-refractivity contribution < 1.29 is 4.52 Å². The Labute approximate surface area is 107 Å². The molecule has 0 saturated heterocycles. The van der Waals surface area contributed by atoms with Gasteiger partial charge >= 0.3 is 0 Å². The lowest BCUT2D eigenvalue weighted by atomic mass is 10.0. The number of rotatable bonds is 2.